The van der Waals surface area contributed by atoms with Crippen molar-refractivity contribution in [1.82, 2.24) is 25.5 Å². The Morgan fingerprint density at radius 2 is 1.64 bits per heavy atom. The first-order chi connectivity index (χ1) is 21.9. The lowest BCUT2D eigenvalue weighted by Gasteiger charge is -2.40. The summed E-state index contributed by atoms with van der Waals surface area (Å²) in [5, 5.41) is 11.0. The molecule has 0 bridgehead atoms. The Labute approximate surface area is 273 Å². The van der Waals surface area contributed by atoms with Gasteiger partial charge in [0.15, 0.2) is 0 Å². The van der Waals surface area contributed by atoms with E-state index < -0.39 is 7.60 Å². The molecular weight excluding hydrogens is 587 g/mol. The van der Waals surface area contributed by atoms with E-state index in [1.165, 1.54) is 64.2 Å². The second-order valence-electron chi connectivity index (χ2n) is 13.4. The summed E-state index contributed by atoms with van der Waals surface area (Å²) < 4.78 is 23.7. The van der Waals surface area contributed by atoms with Crippen LogP contribution in [0.15, 0.2) is 6.07 Å². The minimum Gasteiger partial charge on any atom is -0.383 e. The van der Waals surface area contributed by atoms with Gasteiger partial charge in [-0.2, -0.15) is 9.97 Å². The van der Waals surface area contributed by atoms with Crippen LogP contribution in [0.3, 0.4) is 0 Å². The molecule has 11 nitrogen and oxygen atoms in total. The van der Waals surface area contributed by atoms with Crippen LogP contribution in [0, 0.1) is 11.8 Å². The molecule has 1 saturated heterocycles. The molecule has 45 heavy (non-hydrogen) atoms. The summed E-state index contributed by atoms with van der Waals surface area (Å²) >= 11 is 0. The van der Waals surface area contributed by atoms with E-state index >= 15 is 0 Å². The van der Waals surface area contributed by atoms with Gasteiger partial charge in [-0.3, -0.25) is 9.46 Å². The van der Waals surface area contributed by atoms with Crippen LogP contribution < -0.4 is 26.6 Å². The average Bonchev–Trinajstić information content (AvgIpc) is 3.03. The molecule has 0 unspecified atom stereocenters. The Bertz CT molecular complexity index is 1010. The van der Waals surface area contributed by atoms with Crippen LogP contribution in [0.4, 0.5) is 17.6 Å². The molecule has 0 spiro atoms. The van der Waals surface area contributed by atoms with Crippen molar-refractivity contribution < 1.29 is 13.6 Å². The molecule has 2 saturated carbocycles. The zero-order valence-corrected chi connectivity index (χ0v) is 29.4. The molecule has 0 aromatic carbocycles. The summed E-state index contributed by atoms with van der Waals surface area (Å²) in [6.45, 7) is 14.6. The van der Waals surface area contributed by atoms with E-state index in [1.54, 1.807) is 0 Å². The number of rotatable bonds is 19. The molecule has 4 rings (SSSR count). The molecule has 3 fully saturated rings. The molecule has 1 aromatic heterocycles. The van der Waals surface area contributed by atoms with Crippen LogP contribution in [-0.4, -0.2) is 98.7 Å². The average molecular weight is 651 g/mol. The third-order valence-electron chi connectivity index (χ3n) is 9.87. The second kappa shape index (κ2) is 19.4. The molecule has 258 valence electrons. The van der Waals surface area contributed by atoms with E-state index in [0.29, 0.717) is 43.1 Å². The number of nitrogens with one attached hydrogen (secondary N) is 3. The molecule has 1 atom stereocenters. The molecule has 1 aliphatic heterocycles. The minimum atomic E-state index is -2.99. The topological polar surface area (TPSA) is 130 Å². The fourth-order valence-electron chi connectivity index (χ4n) is 7.26. The third kappa shape index (κ3) is 12.6. The number of aromatic nitrogens is 2. The number of nitrogen functional groups attached to an aromatic ring is 1. The highest BCUT2D eigenvalue weighted by atomic mass is 31.2. The maximum atomic E-state index is 12.8. The fourth-order valence-corrected chi connectivity index (χ4v) is 8.91. The largest absolute Gasteiger partial charge is 0.383 e. The standard InChI is InChI=1S/C33H63N8O3P/c1-4-43-45(42,44-5-2)22-10-19-40-20-21-41(26-27(40)3)32-23-31(34)38-33(39-32)37-25-29-15-13-28(14-16-29)24-35-17-9-18-36-30-11-7-6-8-12-30/h23,27-30,35-36H,4-22,24-26H2,1-3H3,(H3,34,37,38,39)/t27-,28?,29?/m1/s1. The lowest BCUT2D eigenvalue weighted by atomic mass is 9.82. The lowest BCUT2D eigenvalue weighted by molar-refractivity contribution is 0.184. The van der Waals surface area contributed by atoms with Crippen molar-refractivity contribution >= 4 is 25.2 Å². The third-order valence-corrected chi connectivity index (χ3v) is 12.0. The number of hydrogen-bond acceptors (Lipinski definition) is 11. The number of nitrogens with zero attached hydrogens (tertiary/aromatic N) is 4. The molecule has 0 radical (unpaired) electrons. The number of nitrogens with two attached hydrogens (primary N) is 1. The van der Waals surface area contributed by atoms with E-state index in [2.05, 4.69) is 37.7 Å². The van der Waals surface area contributed by atoms with Gasteiger partial charge in [-0.15, -0.1) is 0 Å². The van der Waals surface area contributed by atoms with E-state index in [1.807, 2.05) is 19.9 Å². The van der Waals surface area contributed by atoms with Crippen LogP contribution in [0.5, 0.6) is 0 Å². The number of anilines is 3. The second-order valence-corrected chi connectivity index (χ2v) is 15.6. The summed E-state index contributed by atoms with van der Waals surface area (Å²) in [4.78, 5) is 14.1. The van der Waals surface area contributed by atoms with Gasteiger partial charge in [-0.25, -0.2) is 0 Å². The van der Waals surface area contributed by atoms with E-state index in [0.717, 1.165) is 76.6 Å². The molecule has 12 heteroatoms. The predicted octanol–water partition coefficient (Wildman–Crippen LogP) is 5.35. The Morgan fingerprint density at radius 3 is 2.33 bits per heavy atom. The zero-order valence-electron chi connectivity index (χ0n) is 28.5. The van der Waals surface area contributed by atoms with Gasteiger partial charge in [0.25, 0.3) is 0 Å². The van der Waals surface area contributed by atoms with Gasteiger partial charge in [0, 0.05) is 44.3 Å². The summed E-state index contributed by atoms with van der Waals surface area (Å²) in [6, 6.07) is 3.00. The van der Waals surface area contributed by atoms with Gasteiger partial charge in [-0.1, -0.05) is 19.3 Å². The molecule has 0 amide bonds. The van der Waals surface area contributed by atoms with Gasteiger partial charge >= 0.3 is 7.60 Å². The van der Waals surface area contributed by atoms with Crippen molar-refractivity contribution in [2.45, 2.75) is 103 Å². The maximum Gasteiger partial charge on any atom is 0.330 e. The van der Waals surface area contributed by atoms with Gasteiger partial charge in [0.1, 0.15) is 11.6 Å². The molecule has 1 aromatic rings. The van der Waals surface area contributed by atoms with E-state index in [4.69, 9.17) is 19.8 Å². The van der Waals surface area contributed by atoms with Gasteiger partial charge < -0.3 is 35.6 Å². The van der Waals surface area contributed by atoms with Gasteiger partial charge in [0.05, 0.1) is 19.4 Å². The van der Waals surface area contributed by atoms with Crippen molar-refractivity contribution in [3.05, 3.63) is 6.07 Å². The smallest absolute Gasteiger partial charge is 0.330 e. The molecule has 5 N–H and O–H groups in total. The highest BCUT2D eigenvalue weighted by Gasteiger charge is 2.28. The Kier molecular flexibility index (Phi) is 15.6. The molecular formula is C33H63N8O3P. The first kappa shape index (κ1) is 36.3. The predicted molar refractivity (Wildman–Crippen MR) is 186 cm³/mol. The van der Waals surface area contributed by atoms with Crippen molar-refractivity contribution in [2.75, 3.05) is 87.7 Å². The number of piperazine rings is 1. The van der Waals surface area contributed by atoms with Crippen LogP contribution in [-0.2, 0) is 13.6 Å². The molecule has 2 heterocycles. The fraction of sp³-hybridized carbons (Fsp3) is 0.879. The van der Waals surface area contributed by atoms with Crippen LogP contribution in [0.2, 0.25) is 0 Å². The minimum absolute atomic E-state index is 0.341. The Hall–Kier alpha value is -1.49. The zero-order chi connectivity index (χ0) is 31.9. The maximum absolute atomic E-state index is 12.8. The first-order valence-electron chi connectivity index (χ1n) is 18.1. The summed E-state index contributed by atoms with van der Waals surface area (Å²) in [6.07, 6.45) is 14.5. The van der Waals surface area contributed by atoms with Crippen molar-refractivity contribution in [1.29, 1.82) is 0 Å². The molecule has 3 aliphatic rings. The first-order valence-corrected chi connectivity index (χ1v) is 19.8. The lowest BCUT2D eigenvalue weighted by Crippen LogP contribution is -2.52. The highest BCUT2D eigenvalue weighted by molar-refractivity contribution is 7.53. The monoisotopic (exact) mass is 650 g/mol. The Balaban J connectivity index is 1.11. The summed E-state index contributed by atoms with van der Waals surface area (Å²) in [7, 11) is -2.99. The van der Waals surface area contributed by atoms with Crippen molar-refractivity contribution in [3.8, 4) is 0 Å². The molecule has 2 aliphatic carbocycles. The van der Waals surface area contributed by atoms with Gasteiger partial charge in [-0.05, 0) is 110 Å². The normalized spacial score (nSPS) is 23.8. The Morgan fingerprint density at radius 1 is 0.933 bits per heavy atom. The van der Waals surface area contributed by atoms with Crippen molar-refractivity contribution in [3.63, 3.8) is 0 Å². The summed E-state index contributed by atoms with van der Waals surface area (Å²) in [5.41, 5.74) is 6.24. The van der Waals surface area contributed by atoms with Crippen LogP contribution in [0.1, 0.15) is 91.4 Å². The number of hydrogen-bond donors (Lipinski definition) is 4. The van der Waals surface area contributed by atoms with Crippen molar-refractivity contribution in [2.24, 2.45) is 11.8 Å². The van der Waals surface area contributed by atoms with Crippen LogP contribution >= 0.6 is 7.60 Å². The SMILES string of the molecule is CCOP(=O)(CCCN1CCN(c2cc(N)nc(NCC3CCC(CNCCCNC4CCCCC4)CC3)n2)C[C@H]1C)OCC. The quantitative estimate of drug-likeness (QED) is 0.114. The van der Waals surface area contributed by atoms with Crippen LogP contribution in [0.25, 0.3) is 0 Å². The van der Waals surface area contributed by atoms with E-state index in [9.17, 15) is 4.57 Å². The van der Waals surface area contributed by atoms with E-state index in [-0.39, 0.29) is 0 Å². The highest BCUT2D eigenvalue weighted by Crippen LogP contribution is 2.48. The van der Waals surface area contributed by atoms with Gasteiger partial charge in [0.2, 0.25) is 5.95 Å². The summed E-state index contributed by atoms with van der Waals surface area (Å²) in [5.74, 6) is 3.47.